The number of anilines is 1. The van der Waals surface area contributed by atoms with Gasteiger partial charge in [-0.2, -0.15) is 0 Å². The molecular formula is C14H20ClN3O. The second kappa shape index (κ2) is 6.26. The number of aryl methyl sites for hydroxylation is 1. The predicted octanol–water partition coefficient (Wildman–Crippen LogP) is 2.86. The molecule has 0 spiro atoms. The van der Waals surface area contributed by atoms with E-state index in [1.165, 1.54) is 0 Å². The second-order valence-electron chi connectivity index (χ2n) is 4.83. The Morgan fingerprint density at radius 1 is 1.58 bits per heavy atom. The fourth-order valence-electron chi connectivity index (χ4n) is 2.34. The third kappa shape index (κ3) is 3.39. The number of nitrogens with one attached hydrogen (secondary N) is 2. The molecule has 2 amide bonds. The second-order valence-corrected chi connectivity index (χ2v) is 5.23. The summed E-state index contributed by atoms with van der Waals surface area (Å²) in [7, 11) is 0. The minimum Gasteiger partial charge on any atom is -0.321 e. The highest BCUT2D eigenvalue weighted by molar-refractivity contribution is 6.31. The van der Waals surface area contributed by atoms with Gasteiger partial charge in [0.2, 0.25) is 0 Å². The molecule has 2 rings (SSSR count). The van der Waals surface area contributed by atoms with Crippen molar-refractivity contribution in [1.82, 2.24) is 10.2 Å². The van der Waals surface area contributed by atoms with Crippen LogP contribution in [-0.2, 0) is 0 Å². The molecule has 4 nitrogen and oxygen atoms in total. The van der Waals surface area contributed by atoms with Gasteiger partial charge in [0, 0.05) is 29.8 Å². The van der Waals surface area contributed by atoms with E-state index in [9.17, 15) is 4.79 Å². The molecule has 1 aromatic carbocycles. The lowest BCUT2D eigenvalue weighted by Gasteiger charge is -2.27. The van der Waals surface area contributed by atoms with Crippen LogP contribution in [0.1, 0.15) is 18.9 Å². The van der Waals surface area contributed by atoms with Gasteiger partial charge in [-0.3, -0.25) is 0 Å². The third-order valence-electron chi connectivity index (χ3n) is 3.50. The largest absolute Gasteiger partial charge is 0.322 e. The molecule has 0 aliphatic carbocycles. The number of carbonyl (C=O) groups is 1. The van der Waals surface area contributed by atoms with E-state index in [-0.39, 0.29) is 12.1 Å². The molecule has 0 radical (unpaired) electrons. The normalized spacial score (nSPS) is 18.4. The Hall–Kier alpha value is -1.26. The lowest BCUT2D eigenvalue weighted by Crippen LogP contribution is -2.43. The average molecular weight is 282 g/mol. The van der Waals surface area contributed by atoms with Gasteiger partial charge in [-0.25, -0.2) is 4.79 Å². The minimum absolute atomic E-state index is 0.0591. The van der Waals surface area contributed by atoms with Gasteiger partial charge in [-0.15, -0.1) is 0 Å². The SMILES string of the molecule is CCN(C(=O)Nc1ccc(C)c(Cl)c1)C1CCNC1. The number of rotatable bonds is 3. The molecule has 2 N–H and O–H groups in total. The van der Waals surface area contributed by atoms with Gasteiger partial charge in [0.05, 0.1) is 0 Å². The number of amides is 2. The number of likely N-dealkylation sites (N-methyl/N-ethyl adjacent to an activating group) is 1. The zero-order valence-electron chi connectivity index (χ0n) is 11.4. The highest BCUT2D eigenvalue weighted by Gasteiger charge is 2.25. The summed E-state index contributed by atoms with van der Waals surface area (Å²) in [6, 6.07) is 5.79. The maximum atomic E-state index is 12.3. The van der Waals surface area contributed by atoms with E-state index in [4.69, 9.17) is 11.6 Å². The molecule has 1 heterocycles. The van der Waals surface area contributed by atoms with Crippen LogP contribution in [0.5, 0.6) is 0 Å². The highest BCUT2D eigenvalue weighted by Crippen LogP contribution is 2.20. The Morgan fingerprint density at radius 3 is 2.95 bits per heavy atom. The molecule has 1 unspecified atom stereocenters. The number of hydrogen-bond acceptors (Lipinski definition) is 2. The Kier molecular flexibility index (Phi) is 4.66. The average Bonchev–Trinajstić information content (AvgIpc) is 2.88. The monoisotopic (exact) mass is 281 g/mol. The van der Waals surface area contributed by atoms with Crippen LogP contribution in [-0.4, -0.2) is 36.6 Å². The van der Waals surface area contributed by atoms with Crippen LogP contribution in [0.2, 0.25) is 5.02 Å². The first-order chi connectivity index (χ1) is 9.11. The Labute approximate surface area is 119 Å². The molecule has 1 aromatic rings. The van der Waals surface area contributed by atoms with E-state index in [1.54, 1.807) is 6.07 Å². The first-order valence-electron chi connectivity index (χ1n) is 6.66. The van der Waals surface area contributed by atoms with Gasteiger partial charge in [-0.1, -0.05) is 17.7 Å². The highest BCUT2D eigenvalue weighted by atomic mass is 35.5. The summed E-state index contributed by atoms with van der Waals surface area (Å²) in [5.74, 6) is 0. The quantitative estimate of drug-likeness (QED) is 0.895. The maximum Gasteiger partial charge on any atom is 0.322 e. The van der Waals surface area contributed by atoms with Crippen molar-refractivity contribution in [1.29, 1.82) is 0 Å². The zero-order chi connectivity index (χ0) is 13.8. The van der Waals surface area contributed by atoms with Crippen LogP contribution >= 0.6 is 11.6 Å². The number of benzene rings is 1. The van der Waals surface area contributed by atoms with E-state index >= 15 is 0 Å². The number of carbonyl (C=O) groups excluding carboxylic acids is 1. The van der Waals surface area contributed by atoms with Crippen molar-refractivity contribution in [2.45, 2.75) is 26.3 Å². The smallest absolute Gasteiger partial charge is 0.321 e. The first kappa shape index (κ1) is 14.2. The Morgan fingerprint density at radius 2 is 2.37 bits per heavy atom. The molecule has 1 saturated heterocycles. The van der Waals surface area contributed by atoms with Gasteiger partial charge >= 0.3 is 6.03 Å². The van der Waals surface area contributed by atoms with E-state index in [0.717, 1.165) is 30.8 Å². The van der Waals surface area contributed by atoms with Crippen LogP contribution < -0.4 is 10.6 Å². The fourth-order valence-corrected chi connectivity index (χ4v) is 2.52. The summed E-state index contributed by atoms with van der Waals surface area (Å²) >= 11 is 6.06. The summed E-state index contributed by atoms with van der Waals surface area (Å²) in [5, 5.41) is 6.86. The molecule has 19 heavy (non-hydrogen) atoms. The van der Waals surface area contributed by atoms with Crippen molar-refractivity contribution < 1.29 is 4.79 Å². The van der Waals surface area contributed by atoms with E-state index in [2.05, 4.69) is 10.6 Å². The molecule has 0 saturated carbocycles. The molecule has 1 atom stereocenters. The molecule has 0 bridgehead atoms. The topological polar surface area (TPSA) is 44.4 Å². The van der Waals surface area contributed by atoms with Crippen molar-refractivity contribution in [3.05, 3.63) is 28.8 Å². The summed E-state index contributed by atoms with van der Waals surface area (Å²) in [4.78, 5) is 14.1. The summed E-state index contributed by atoms with van der Waals surface area (Å²) in [6.07, 6.45) is 1.01. The molecule has 1 aliphatic rings. The van der Waals surface area contributed by atoms with Crippen molar-refractivity contribution in [2.24, 2.45) is 0 Å². The number of hydrogen-bond donors (Lipinski definition) is 2. The molecule has 5 heteroatoms. The molecule has 104 valence electrons. The van der Waals surface area contributed by atoms with Gasteiger partial charge < -0.3 is 15.5 Å². The van der Waals surface area contributed by atoms with Gasteiger partial charge in [0.1, 0.15) is 0 Å². The lowest BCUT2D eigenvalue weighted by molar-refractivity contribution is 0.196. The predicted molar refractivity (Wildman–Crippen MR) is 78.9 cm³/mol. The number of halogens is 1. The Bertz CT molecular complexity index is 458. The zero-order valence-corrected chi connectivity index (χ0v) is 12.1. The first-order valence-corrected chi connectivity index (χ1v) is 7.04. The van der Waals surface area contributed by atoms with Crippen molar-refractivity contribution in [3.63, 3.8) is 0 Å². The lowest BCUT2D eigenvalue weighted by atomic mass is 10.2. The Balaban J connectivity index is 2.03. The van der Waals surface area contributed by atoms with E-state index < -0.39 is 0 Å². The molecule has 0 aromatic heterocycles. The maximum absolute atomic E-state index is 12.3. The van der Waals surface area contributed by atoms with Gasteiger partial charge in [0.15, 0.2) is 0 Å². The molecule has 1 aliphatic heterocycles. The third-order valence-corrected chi connectivity index (χ3v) is 3.91. The van der Waals surface area contributed by atoms with Gasteiger partial charge in [0.25, 0.3) is 0 Å². The van der Waals surface area contributed by atoms with Gasteiger partial charge in [-0.05, 0) is 44.5 Å². The van der Waals surface area contributed by atoms with Crippen molar-refractivity contribution in [2.75, 3.05) is 25.0 Å². The van der Waals surface area contributed by atoms with E-state index in [0.29, 0.717) is 11.6 Å². The van der Waals surface area contributed by atoms with Crippen molar-refractivity contribution >= 4 is 23.3 Å². The van der Waals surface area contributed by atoms with Crippen molar-refractivity contribution in [3.8, 4) is 0 Å². The van der Waals surface area contributed by atoms with Crippen LogP contribution in [0, 0.1) is 6.92 Å². The summed E-state index contributed by atoms with van der Waals surface area (Å²) in [5.41, 5.74) is 1.75. The number of urea groups is 1. The standard InChI is InChI=1S/C14H20ClN3O/c1-3-18(12-6-7-16-9-12)14(19)17-11-5-4-10(2)13(15)8-11/h4-5,8,12,16H,3,6-7,9H2,1-2H3,(H,17,19). The van der Waals surface area contributed by atoms with Crippen LogP contribution in [0.25, 0.3) is 0 Å². The van der Waals surface area contributed by atoms with Crippen LogP contribution in [0.4, 0.5) is 10.5 Å². The van der Waals surface area contributed by atoms with E-state index in [1.807, 2.05) is 30.9 Å². The number of nitrogens with zero attached hydrogens (tertiary/aromatic N) is 1. The summed E-state index contributed by atoms with van der Waals surface area (Å²) < 4.78 is 0. The summed E-state index contributed by atoms with van der Waals surface area (Å²) in [6.45, 7) is 6.50. The fraction of sp³-hybridized carbons (Fsp3) is 0.500. The molecule has 1 fully saturated rings. The van der Waals surface area contributed by atoms with Crippen LogP contribution in [0.15, 0.2) is 18.2 Å². The molecular weight excluding hydrogens is 262 g/mol. The van der Waals surface area contributed by atoms with Crippen LogP contribution in [0.3, 0.4) is 0 Å². The minimum atomic E-state index is -0.0591.